The van der Waals surface area contributed by atoms with Crippen LogP contribution >= 0.6 is 0 Å². The van der Waals surface area contributed by atoms with Crippen molar-refractivity contribution in [2.45, 2.75) is 12.5 Å². The average Bonchev–Trinajstić information content (AvgIpc) is 2.56. The van der Waals surface area contributed by atoms with Gasteiger partial charge in [0.15, 0.2) is 23.0 Å². The number of aliphatic hydroxyl groups excluding tert-OH is 1. The highest BCUT2D eigenvalue weighted by molar-refractivity contribution is 5.53. The Bertz CT molecular complexity index is 658. The molecule has 0 aliphatic rings. The Hall–Kier alpha value is -2.60. The van der Waals surface area contributed by atoms with Crippen LogP contribution in [-0.4, -0.2) is 36.6 Å². The number of hydrogen-bond donors (Lipinski definition) is 3. The Labute approximate surface area is 134 Å². The molecule has 3 N–H and O–H groups in total. The van der Waals surface area contributed by atoms with E-state index in [1.54, 1.807) is 24.3 Å². The van der Waals surface area contributed by atoms with Crippen molar-refractivity contribution < 1.29 is 29.5 Å². The van der Waals surface area contributed by atoms with Gasteiger partial charge in [0.2, 0.25) is 5.75 Å². The van der Waals surface area contributed by atoms with Gasteiger partial charge < -0.3 is 29.5 Å². The van der Waals surface area contributed by atoms with E-state index >= 15 is 0 Å². The second-order valence-electron chi connectivity index (χ2n) is 5.00. The summed E-state index contributed by atoms with van der Waals surface area (Å²) in [5, 5.41) is 30.0. The van der Waals surface area contributed by atoms with Gasteiger partial charge in [0.25, 0.3) is 0 Å². The normalized spacial score (nSPS) is 11.8. The highest BCUT2D eigenvalue weighted by Crippen LogP contribution is 2.39. The molecule has 1 atom stereocenters. The predicted molar refractivity (Wildman–Crippen MR) is 84.5 cm³/mol. The zero-order valence-electron chi connectivity index (χ0n) is 13.2. The molecular formula is C17H20O6. The largest absolute Gasteiger partial charge is 0.504 e. The predicted octanol–water partition coefficient (Wildman–Crippen LogP) is 2.40. The summed E-state index contributed by atoms with van der Waals surface area (Å²) in [5.74, 6) is 0.718. The average molecular weight is 320 g/mol. The summed E-state index contributed by atoms with van der Waals surface area (Å²) in [7, 11) is 4.32. The molecule has 124 valence electrons. The fraction of sp³-hybridized carbons (Fsp3) is 0.294. The van der Waals surface area contributed by atoms with E-state index in [0.29, 0.717) is 17.7 Å². The number of phenols is 2. The van der Waals surface area contributed by atoms with Gasteiger partial charge in [-0.1, -0.05) is 6.07 Å². The fourth-order valence-electron chi connectivity index (χ4n) is 2.30. The monoisotopic (exact) mass is 320 g/mol. The smallest absolute Gasteiger partial charge is 0.200 e. The summed E-state index contributed by atoms with van der Waals surface area (Å²) in [6, 6.07) is 7.99. The first-order valence-corrected chi connectivity index (χ1v) is 6.99. The second-order valence-corrected chi connectivity index (χ2v) is 5.00. The quantitative estimate of drug-likeness (QED) is 0.757. The van der Waals surface area contributed by atoms with E-state index in [0.717, 1.165) is 5.56 Å². The fourth-order valence-corrected chi connectivity index (χ4v) is 2.30. The molecule has 0 unspecified atom stereocenters. The third-order valence-electron chi connectivity index (χ3n) is 3.56. The van der Waals surface area contributed by atoms with E-state index in [1.165, 1.54) is 27.4 Å². The van der Waals surface area contributed by atoms with Crippen LogP contribution in [0.5, 0.6) is 28.7 Å². The third kappa shape index (κ3) is 3.60. The first-order valence-electron chi connectivity index (χ1n) is 6.99. The Balaban J connectivity index is 2.28. The van der Waals surface area contributed by atoms with Crippen LogP contribution in [-0.2, 0) is 6.42 Å². The summed E-state index contributed by atoms with van der Waals surface area (Å²) < 4.78 is 15.2. The van der Waals surface area contributed by atoms with Crippen LogP contribution in [0.25, 0.3) is 0 Å². The Morgan fingerprint density at radius 3 is 1.96 bits per heavy atom. The molecule has 0 bridgehead atoms. The van der Waals surface area contributed by atoms with Crippen molar-refractivity contribution in [3.8, 4) is 28.7 Å². The van der Waals surface area contributed by atoms with Crippen LogP contribution in [0.15, 0.2) is 30.3 Å². The van der Waals surface area contributed by atoms with Crippen LogP contribution < -0.4 is 14.2 Å². The lowest BCUT2D eigenvalue weighted by Gasteiger charge is -2.16. The van der Waals surface area contributed by atoms with Crippen LogP contribution in [0.3, 0.4) is 0 Å². The molecule has 0 saturated heterocycles. The van der Waals surface area contributed by atoms with Crippen molar-refractivity contribution in [3.63, 3.8) is 0 Å². The maximum Gasteiger partial charge on any atom is 0.200 e. The topological polar surface area (TPSA) is 88.4 Å². The van der Waals surface area contributed by atoms with Crippen molar-refractivity contribution in [1.82, 2.24) is 0 Å². The highest BCUT2D eigenvalue weighted by atomic mass is 16.5. The maximum absolute atomic E-state index is 10.4. The van der Waals surface area contributed by atoms with Gasteiger partial charge in [-0.15, -0.1) is 0 Å². The van der Waals surface area contributed by atoms with E-state index in [9.17, 15) is 15.3 Å². The lowest BCUT2D eigenvalue weighted by atomic mass is 10.00. The number of benzene rings is 2. The number of ether oxygens (including phenoxy) is 3. The molecule has 0 fully saturated rings. The summed E-state index contributed by atoms with van der Waals surface area (Å²) in [5.41, 5.74) is 1.33. The standard InChI is InChI=1S/C17H20O6/c1-21-14-7-10(4-5-12(14)18)6-13(19)11-8-15(22-2)17(20)16(9-11)23-3/h4-5,7-9,13,18-20H,6H2,1-3H3/t13-/m0/s1. The van der Waals surface area contributed by atoms with Gasteiger partial charge in [-0.3, -0.25) is 0 Å². The number of phenolic OH excluding ortho intramolecular Hbond substituents is 2. The van der Waals surface area contributed by atoms with Crippen molar-refractivity contribution in [1.29, 1.82) is 0 Å². The summed E-state index contributed by atoms with van der Waals surface area (Å²) in [6.07, 6.45) is -0.541. The first-order chi connectivity index (χ1) is 11.0. The molecule has 0 saturated carbocycles. The molecule has 2 aromatic carbocycles. The molecule has 0 aliphatic carbocycles. The van der Waals surface area contributed by atoms with Crippen LogP contribution in [0.2, 0.25) is 0 Å². The Kier molecular flexibility index (Phi) is 5.18. The molecule has 2 aromatic rings. The molecule has 0 radical (unpaired) electrons. The lowest BCUT2D eigenvalue weighted by molar-refractivity contribution is 0.177. The van der Waals surface area contributed by atoms with Gasteiger partial charge >= 0.3 is 0 Å². The molecule has 0 amide bonds. The molecule has 2 rings (SSSR count). The summed E-state index contributed by atoms with van der Waals surface area (Å²) in [4.78, 5) is 0. The highest BCUT2D eigenvalue weighted by Gasteiger charge is 2.17. The Morgan fingerprint density at radius 2 is 1.43 bits per heavy atom. The molecule has 23 heavy (non-hydrogen) atoms. The molecule has 0 aromatic heterocycles. The number of aliphatic hydroxyl groups is 1. The SMILES string of the molecule is COc1cc(C[C@H](O)c2cc(OC)c(O)c(OC)c2)ccc1O. The van der Waals surface area contributed by atoms with Gasteiger partial charge in [-0.25, -0.2) is 0 Å². The van der Waals surface area contributed by atoms with E-state index in [2.05, 4.69) is 0 Å². The minimum Gasteiger partial charge on any atom is -0.504 e. The van der Waals surface area contributed by atoms with Gasteiger partial charge in [-0.2, -0.15) is 0 Å². The summed E-state index contributed by atoms with van der Waals surface area (Å²) >= 11 is 0. The van der Waals surface area contributed by atoms with Gasteiger partial charge in [-0.05, 0) is 35.4 Å². The molecule has 6 heteroatoms. The maximum atomic E-state index is 10.4. The third-order valence-corrected chi connectivity index (χ3v) is 3.56. The number of methoxy groups -OCH3 is 3. The van der Waals surface area contributed by atoms with Gasteiger partial charge in [0.1, 0.15) is 0 Å². The molecular weight excluding hydrogens is 300 g/mol. The van der Waals surface area contributed by atoms with Crippen molar-refractivity contribution in [2.24, 2.45) is 0 Å². The number of hydrogen-bond acceptors (Lipinski definition) is 6. The van der Waals surface area contributed by atoms with Crippen LogP contribution in [0.4, 0.5) is 0 Å². The van der Waals surface area contributed by atoms with E-state index in [1.807, 2.05) is 0 Å². The van der Waals surface area contributed by atoms with Crippen LogP contribution in [0.1, 0.15) is 17.2 Å². The van der Waals surface area contributed by atoms with E-state index in [4.69, 9.17) is 14.2 Å². The lowest BCUT2D eigenvalue weighted by Crippen LogP contribution is -2.03. The Morgan fingerprint density at radius 1 is 0.870 bits per heavy atom. The molecule has 0 aliphatic heterocycles. The van der Waals surface area contributed by atoms with Crippen molar-refractivity contribution in [2.75, 3.05) is 21.3 Å². The first kappa shape index (κ1) is 16.8. The molecule has 0 spiro atoms. The van der Waals surface area contributed by atoms with E-state index in [-0.39, 0.29) is 23.0 Å². The van der Waals surface area contributed by atoms with E-state index < -0.39 is 6.10 Å². The minimum atomic E-state index is -0.840. The van der Waals surface area contributed by atoms with Gasteiger partial charge in [0, 0.05) is 6.42 Å². The molecule has 6 nitrogen and oxygen atoms in total. The molecule has 0 heterocycles. The van der Waals surface area contributed by atoms with Crippen LogP contribution in [0, 0.1) is 0 Å². The second kappa shape index (κ2) is 7.11. The zero-order valence-corrected chi connectivity index (χ0v) is 13.2. The van der Waals surface area contributed by atoms with Crippen molar-refractivity contribution >= 4 is 0 Å². The summed E-state index contributed by atoms with van der Waals surface area (Å²) in [6.45, 7) is 0. The zero-order chi connectivity index (χ0) is 17.0. The minimum absolute atomic E-state index is 0.0405. The van der Waals surface area contributed by atoms with Crippen molar-refractivity contribution in [3.05, 3.63) is 41.5 Å². The van der Waals surface area contributed by atoms with Gasteiger partial charge in [0.05, 0.1) is 27.4 Å². The number of rotatable bonds is 6. The number of aromatic hydroxyl groups is 2.